The molecular weight excluding hydrogens is 542 g/mol. The van der Waals surface area contributed by atoms with Gasteiger partial charge in [-0.25, -0.2) is 0 Å². The molecule has 1 aromatic heterocycles. The predicted molar refractivity (Wildman–Crippen MR) is 157 cm³/mol. The smallest absolute Gasteiger partial charge is 0.319 e. The Labute approximate surface area is 243 Å². The van der Waals surface area contributed by atoms with Crippen LogP contribution in [0.15, 0.2) is 78.0 Å². The maximum absolute atomic E-state index is 14.3. The van der Waals surface area contributed by atoms with Crippen LogP contribution in [0, 0.1) is 0 Å². The van der Waals surface area contributed by atoms with E-state index in [-0.39, 0.29) is 37.3 Å². The van der Waals surface area contributed by atoms with E-state index < -0.39 is 24.0 Å². The number of thiophene rings is 1. The highest BCUT2D eigenvalue weighted by molar-refractivity contribution is 7.14. The molecule has 0 radical (unpaired) electrons. The van der Waals surface area contributed by atoms with E-state index in [2.05, 4.69) is 15.8 Å². The van der Waals surface area contributed by atoms with Gasteiger partial charge in [0, 0.05) is 17.3 Å². The number of carbonyl (C=O) groups excluding carboxylic acids is 3. The van der Waals surface area contributed by atoms with Gasteiger partial charge in [0.2, 0.25) is 11.8 Å². The van der Waals surface area contributed by atoms with Crippen LogP contribution in [-0.2, 0) is 25.7 Å². The quantitative estimate of drug-likeness (QED) is 0.0851. The van der Waals surface area contributed by atoms with E-state index in [1.165, 1.54) is 11.3 Å². The lowest BCUT2D eigenvalue weighted by Crippen LogP contribution is -2.55. The maximum atomic E-state index is 14.3. The number of nitrogens with zero attached hydrogens (tertiary/aromatic N) is 2. The van der Waals surface area contributed by atoms with Crippen LogP contribution in [0.25, 0.3) is 0 Å². The Kier molecular flexibility index (Phi) is 10.5. The van der Waals surface area contributed by atoms with Crippen LogP contribution in [0.2, 0.25) is 0 Å². The van der Waals surface area contributed by atoms with Gasteiger partial charge in [0.1, 0.15) is 6.04 Å². The third kappa shape index (κ3) is 7.50. The summed E-state index contributed by atoms with van der Waals surface area (Å²) in [6.45, 7) is 2.50. The molecule has 2 aromatic carbocycles. The van der Waals surface area contributed by atoms with Crippen molar-refractivity contribution in [1.29, 1.82) is 0 Å². The Balaban J connectivity index is 1.57. The van der Waals surface area contributed by atoms with Crippen LogP contribution in [0.3, 0.4) is 0 Å². The molecule has 216 valence electrons. The van der Waals surface area contributed by atoms with Gasteiger partial charge in [0.05, 0.1) is 30.6 Å². The fourth-order valence-electron chi connectivity index (χ4n) is 5.08. The van der Waals surface area contributed by atoms with Crippen LogP contribution in [0.4, 0.5) is 0 Å². The van der Waals surface area contributed by atoms with E-state index in [0.717, 1.165) is 16.0 Å². The highest BCUT2D eigenvalue weighted by Gasteiger charge is 2.40. The highest BCUT2D eigenvalue weighted by Crippen LogP contribution is 2.31. The van der Waals surface area contributed by atoms with E-state index >= 15 is 0 Å². The van der Waals surface area contributed by atoms with Gasteiger partial charge < -0.3 is 25.9 Å². The Morgan fingerprint density at radius 2 is 1.73 bits per heavy atom. The number of esters is 1. The molecule has 2 amide bonds. The molecule has 41 heavy (non-hydrogen) atoms. The molecule has 4 rings (SSSR count). The molecule has 3 aromatic rings. The lowest BCUT2D eigenvalue weighted by molar-refractivity contribution is -0.143. The largest absolute Gasteiger partial charge is 0.465 e. The first-order valence-corrected chi connectivity index (χ1v) is 14.4. The first-order valence-electron chi connectivity index (χ1n) is 13.6. The lowest BCUT2D eigenvalue weighted by atomic mass is 9.84. The summed E-state index contributed by atoms with van der Waals surface area (Å²) >= 11 is 1.31. The van der Waals surface area contributed by atoms with E-state index in [1.54, 1.807) is 24.0 Å². The fraction of sp³-hybridized carbons (Fsp3) is 0.333. The van der Waals surface area contributed by atoms with Gasteiger partial charge >= 0.3 is 5.97 Å². The van der Waals surface area contributed by atoms with E-state index in [9.17, 15) is 14.4 Å². The summed E-state index contributed by atoms with van der Waals surface area (Å²) in [6, 6.07) is 21.4. The molecule has 1 saturated heterocycles. The Morgan fingerprint density at radius 1 is 1.07 bits per heavy atom. The number of nitrogens with one attached hydrogen (secondary N) is 2. The third-order valence-electron chi connectivity index (χ3n) is 6.99. The van der Waals surface area contributed by atoms with Crippen molar-refractivity contribution in [2.45, 2.75) is 44.3 Å². The van der Waals surface area contributed by atoms with Crippen molar-refractivity contribution in [1.82, 2.24) is 15.5 Å². The SMILES string of the molecule is CCOC(=O)CNC(C(=O)N1CCCC1C(=O)NCc1ccc(/C(N)=N/O)s1)C(c1ccccc1)c1ccccc1. The third-order valence-corrected chi connectivity index (χ3v) is 8.09. The first-order chi connectivity index (χ1) is 19.9. The van der Waals surface area contributed by atoms with Gasteiger partial charge in [-0.1, -0.05) is 65.8 Å². The summed E-state index contributed by atoms with van der Waals surface area (Å²) in [5, 5.41) is 18.0. The number of hydrogen-bond acceptors (Lipinski definition) is 8. The second-order valence-electron chi connectivity index (χ2n) is 9.62. The standard InChI is InChI=1S/C30H35N5O5S/c1-2-40-25(36)19-32-27(26(20-10-5-3-6-11-20)21-12-7-4-8-13-21)30(38)35-17-9-14-23(35)29(37)33-18-22-15-16-24(41-22)28(31)34-39/h3-8,10-13,15-16,23,26-27,32,39H,2,9,14,17-19H2,1H3,(H2,31,34)(H,33,37). The van der Waals surface area contributed by atoms with Crippen molar-refractivity contribution in [3.63, 3.8) is 0 Å². The minimum absolute atomic E-state index is 0.00730. The molecule has 0 aliphatic carbocycles. The topological polar surface area (TPSA) is 146 Å². The molecule has 2 unspecified atom stereocenters. The molecule has 0 saturated carbocycles. The molecule has 11 heteroatoms. The van der Waals surface area contributed by atoms with E-state index in [4.69, 9.17) is 15.7 Å². The van der Waals surface area contributed by atoms with Crippen molar-refractivity contribution in [3.05, 3.63) is 93.7 Å². The van der Waals surface area contributed by atoms with Crippen molar-refractivity contribution in [2.24, 2.45) is 10.9 Å². The molecule has 1 fully saturated rings. The number of benzene rings is 2. The molecule has 10 nitrogen and oxygen atoms in total. The summed E-state index contributed by atoms with van der Waals surface area (Å²) in [4.78, 5) is 43.0. The van der Waals surface area contributed by atoms with Gasteiger partial charge in [0.15, 0.2) is 5.84 Å². The monoisotopic (exact) mass is 577 g/mol. The number of amides is 2. The van der Waals surface area contributed by atoms with Gasteiger partial charge in [0.25, 0.3) is 0 Å². The van der Waals surface area contributed by atoms with Crippen LogP contribution in [-0.4, -0.2) is 65.5 Å². The summed E-state index contributed by atoms with van der Waals surface area (Å²) < 4.78 is 5.13. The van der Waals surface area contributed by atoms with Crippen molar-refractivity contribution >= 4 is 35.0 Å². The maximum Gasteiger partial charge on any atom is 0.319 e. The Morgan fingerprint density at radius 3 is 2.34 bits per heavy atom. The molecule has 2 atom stereocenters. The number of hydrogen-bond donors (Lipinski definition) is 4. The van der Waals surface area contributed by atoms with Crippen LogP contribution in [0.5, 0.6) is 0 Å². The molecule has 0 spiro atoms. The minimum Gasteiger partial charge on any atom is -0.465 e. The highest BCUT2D eigenvalue weighted by atomic mass is 32.1. The average Bonchev–Trinajstić information content (AvgIpc) is 3.69. The molecule has 2 heterocycles. The summed E-state index contributed by atoms with van der Waals surface area (Å²) in [7, 11) is 0. The lowest BCUT2D eigenvalue weighted by Gasteiger charge is -2.33. The summed E-state index contributed by atoms with van der Waals surface area (Å²) in [5.74, 6) is -1.37. The molecule has 1 aliphatic heterocycles. The van der Waals surface area contributed by atoms with Gasteiger partial charge in [-0.3, -0.25) is 19.7 Å². The van der Waals surface area contributed by atoms with Gasteiger partial charge in [-0.15, -0.1) is 11.3 Å². The average molecular weight is 578 g/mol. The van der Waals surface area contributed by atoms with E-state index in [1.807, 2.05) is 60.7 Å². The summed E-state index contributed by atoms with van der Waals surface area (Å²) in [5.41, 5.74) is 7.48. The number of likely N-dealkylation sites (tertiary alicyclic amines) is 1. The second-order valence-corrected chi connectivity index (χ2v) is 10.8. The Bertz CT molecular complexity index is 1310. The van der Waals surface area contributed by atoms with Gasteiger partial charge in [-0.2, -0.15) is 0 Å². The summed E-state index contributed by atoms with van der Waals surface area (Å²) in [6.07, 6.45) is 1.21. The van der Waals surface area contributed by atoms with Gasteiger partial charge in [-0.05, 0) is 43.0 Å². The van der Waals surface area contributed by atoms with E-state index in [0.29, 0.717) is 24.3 Å². The number of carbonyl (C=O) groups is 3. The molecule has 1 aliphatic rings. The van der Waals surface area contributed by atoms with Crippen molar-refractivity contribution in [2.75, 3.05) is 19.7 Å². The molecule has 5 N–H and O–H groups in total. The van der Waals surface area contributed by atoms with Crippen LogP contribution >= 0.6 is 11.3 Å². The van der Waals surface area contributed by atoms with Crippen LogP contribution < -0.4 is 16.4 Å². The zero-order valence-electron chi connectivity index (χ0n) is 22.9. The van der Waals surface area contributed by atoms with Crippen LogP contribution in [0.1, 0.15) is 46.6 Å². The Hall–Kier alpha value is -4.22. The first kappa shape index (κ1) is 29.8. The number of nitrogens with two attached hydrogens (primary N) is 1. The number of rotatable bonds is 12. The fourth-order valence-corrected chi connectivity index (χ4v) is 5.93. The number of oxime groups is 1. The zero-order chi connectivity index (χ0) is 29.2. The number of ether oxygens (including phenoxy) is 1. The molecular formula is C30H35N5O5S. The zero-order valence-corrected chi connectivity index (χ0v) is 23.7. The van der Waals surface area contributed by atoms with Crippen molar-refractivity contribution < 1.29 is 24.3 Å². The second kappa shape index (κ2) is 14.4. The predicted octanol–water partition coefficient (Wildman–Crippen LogP) is 2.80. The molecule has 0 bridgehead atoms. The number of amidine groups is 1. The minimum atomic E-state index is -0.821. The normalized spacial score (nSPS) is 16.0. The van der Waals surface area contributed by atoms with Crippen molar-refractivity contribution in [3.8, 4) is 0 Å².